The van der Waals surface area contributed by atoms with E-state index in [2.05, 4.69) is 25.5 Å². The molecule has 24 heavy (non-hydrogen) atoms. The molecule has 0 bridgehead atoms. The van der Waals surface area contributed by atoms with E-state index in [9.17, 15) is 18.0 Å². The second-order valence-electron chi connectivity index (χ2n) is 4.16. The van der Waals surface area contributed by atoms with Gasteiger partial charge in [0.15, 0.2) is 0 Å². The van der Waals surface area contributed by atoms with Gasteiger partial charge in [0.2, 0.25) is 34.4 Å². The van der Waals surface area contributed by atoms with E-state index in [-0.39, 0.29) is 17.7 Å². The van der Waals surface area contributed by atoms with Gasteiger partial charge >= 0.3 is 0 Å². The van der Waals surface area contributed by atoms with E-state index < -0.39 is 33.3 Å². The summed E-state index contributed by atoms with van der Waals surface area (Å²) in [4.78, 5) is 30.8. The lowest BCUT2D eigenvalue weighted by Crippen LogP contribution is -2.39. The normalized spacial score (nSPS) is 13.6. The number of Topliss-reactive ketones (excluding diaryl/α,β-unsaturated/α-hetero) is 1. The molecule has 1 aliphatic rings. The Morgan fingerprint density at radius 3 is 2.33 bits per heavy atom. The highest BCUT2D eigenvalue weighted by molar-refractivity contribution is 8.07. The number of ketones is 1. The van der Waals surface area contributed by atoms with Crippen molar-refractivity contribution in [3.8, 4) is 11.8 Å². The maximum absolute atomic E-state index is 11.8. The molecule has 0 radical (unpaired) electrons. The Balaban J connectivity index is 2.00. The topological polar surface area (TPSA) is 161 Å². The molecule has 13 heteroatoms. The van der Waals surface area contributed by atoms with Crippen LogP contribution in [0.25, 0.3) is 0 Å². The molecule has 0 spiro atoms. The maximum Gasteiger partial charge on any atom is 0.264 e. The van der Waals surface area contributed by atoms with Gasteiger partial charge in [-0.1, -0.05) is 0 Å². The SMILES string of the molecule is COc1cc(OC)nc(NC(=O)CNS(=O)(=O)C2=NN=CC2=O)n1. The minimum Gasteiger partial charge on any atom is -0.481 e. The van der Waals surface area contributed by atoms with E-state index in [1.165, 1.54) is 20.3 Å². The van der Waals surface area contributed by atoms with E-state index in [1.807, 2.05) is 4.72 Å². The summed E-state index contributed by atoms with van der Waals surface area (Å²) in [5.74, 6) is -1.51. The van der Waals surface area contributed by atoms with Crippen LogP contribution in [-0.4, -0.2) is 62.1 Å². The molecule has 2 N–H and O–H groups in total. The quantitative estimate of drug-likeness (QED) is 0.610. The highest BCUT2D eigenvalue weighted by Crippen LogP contribution is 2.17. The molecule has 0 saturated heterocycles. The Morgan fingerprint density at radius 2 is 1.83 bits per heavy atom. The van der Waals surface area contributed by atoms with E-state index in [0.29, 0.717) is 0 Å². The predicted octanol–water partition coefficient (Wildman–Crippen LogP) is -1.68. The third-order valence-electron chi connectivity index (χ3n) is 2.56. The van der Waals surface area contributed by atoms with E-state index in [4.69, 9.17) is 9.47 Å². The molecule has 1 aromatic rings. The van der Waals surface area contributed by atoms with E-state index in [1.54, 1.807) is 0 Å². The molecule has 0 fully saturated rings. The van der Waals surface area contributed by atoms with Crippen molar-refractivity contribution in [2.24, 2.45) is 10.2 Å². The molecule has 2 heterocycles. The summed E-state index contributed by atoms with van der Waals surface area (Å²) in [5.41, 5.74) is 0. The Labute approximate surface area is 136 Å². The number of hydrogen-bond acceptors (Lipinski definition) is 10. The van der Waals surface area contributed by atoms with Crippen molar-refractivity contribution in [2.75, 3.05) is 26.1 Å². The predicted molar refractivity (Wildman–Crippen MR) is 81.6 cm³/mol. The number of aromatic nitrogens is 2. The Bertz CT molecular complexity index is 811. The van der Waals surface area contributed by atoms with Crippen LogP contribution < -0.4 is 19.5 Å². The molecule has 2 rings (SSSR count). The molecule has 0 atom stereocenters. The molecule has 0 unspecified atom stereocenters. The number of amides is 1. The van der Waals surface area contributed by atoms with Crippen LogP contribution in [0.5, 0.6) is 11.8 Å². The number of anilines is 1. The first-order valence-corrected chi connectivity index (χ1v) is 7.76. The summed E-state index contributed by atoms with van der Waals surface area (Å²) in [6.45, 7) is -0.669. The van der Waals surface area contributed by atoms with Gasteiger partial charge in [-0.05, 0) is 0 Å². The van der Waals surface area contributed by atoms with Crippen LogP contribution in [0.3, 0.4) is 0 Å². The van der Waals surface area contributed by atoms with Crippen LogP contribution in [0.1, 0.15) is 0 Å². The van der Waals surface area contributed by atoms with Gasteiger partial charge in [0.05, 0.1) is 26.8 Å². The van der Waals surface area contributed by atoms with Crippen molar-refractivity contribution in [1.29, 1.82) is 0 Å². The van der Waals surface area contributed by atoms with Crippen LogP contribution in [0, 0.1) is 0 Å². The zero-order chi connectivity index (χ0) is 17.7. The van der Waals surface area contributed by atoms with Crippen molar-refractivity contribution >= 4 is 38.9 Å². The van der Waals surface area contributed by atoms with Gasteiger partial charge in [-0.15, -0.1) is 5.10 Å². The van der Waals surface area contributed by atoms with Crippen LogP contribution in [0.4, 0.5) is 5.95 Å². The fourth-order valence-electron chi connectivity index (χ4n) is 1.49. The second kappa shape index (κ2) is 7.10. The second-order valence-corrected chi connectivity index (χ2v) is 5.85. The van der Waals surface area contributed by atoms with Gasteiger partial charge in [-0.25, -0.2) is 13.1 Å². The van der Waals surface area contributed by atoms with Crippen LogP contribution >= 0.6 is 0 Å². The lowest BCUT2D eigenvalue weighted by molar-refractivity contribution is -0.115. The Hall–Kier alpha value is -2.93. The number of carbonyl (C=O) groups is 2. The van der Waals surface area contributed by atoms with Gasteiger partial charge in [0.1, 0.15) is 6.21 Å². The minimum atomic E-state index is -4.25. The zero-order valence-electron chi connectivity index (χ0n) is 12.5. The summed E-state index contributed by atoms with van der Waals surface area (Å²) < 4.78 is 35.4. The monoisotopic (exact) mass is 356 g/mol. The molecule has 128 valence electrons. The highest BCUT2D eigenvalue weighted by Gasteiger charge is 2.29. The molecule has 12 nitrogen and oxygen atoms in total. The average Bonchev–Trinajstić information content (AvgIpc) is 2.99. The molecular formula is C11H12N6O6S. The Morgan fingerprint density at radius 1 is 1.21 bits per heavy atom. The van der Waals surface area contributed by atoms with Gasteiger partial charge in [-0.3, -0.25) is 14.9 Å². The first kappa shape index (κ1) is 17.4. The van der Waals surface area contributed by atoms with Crippen molar-refractivity contribution in [3.05, 3.63) is 6.07 Å². The molecule has 0 saturated carbocycles. The van der Waals surface area contributed by atoms with Gasteiger partial charge in [0.25, 0.3) is 10.0 Å². The zero-order valence-corrected chi connectivity index (χ0v) is 13.3. The molecule has 0 aromatic carbocycles. The largest absolute Gasteiger partial charge is 0.481 e. The summed E-state index contributed by atoms with van der Waals surface area (Å²) in [5, 5.41) is 7.86. The van der Waals surface area contributed by atoms with E-state index >= 15 is 0 Å². The fourth-order valence-corrected chi connectivity index (χ4v) is 2.42. The van der Waals surface area contributed by atoms with E-state index in [0.717, 1.165) is 6.21 Å². The van der Waals surface area contributed by atoms with Crippen molar-refractivity contribution in [3.63, 3.8) is 0 Å². The number of nitrogens with one attached hydrogen (secondary N) is 2. The van der Waals surface area contributed by atoms with Crippen LogP contribution in [-0.2, 0) is 19.6 Å². The summed E-state index contributed by atoms with van der Waals surface area (Å²) >= 11 is 0. The third-order valence-corrected chi connectivity index (χ3v) is 3.88. The summed E-state index contributed by atoms with van der Waals surface area (Å²) in [7, 11) is -1.52. The number of sulfonamides is 1. The lowest BCUT2D eigenvalue weighted by Gasteiger charge is -2.08. The first-order chi connectivity index (χ1) is 11.4. The van der Waals surface area contributed by atoms with Crippen LogP contribution in [0.15, 0.2) is 16.3 Å². The number of nitrogens with zero attached hydrogens (tertiary/aromatic N) is 4. The first-order valence-electron chi connectivity index (χ1n) is 6.27. The smallest absolute Gasteiger partial charge is 0.264 e. The average molecular weight is 356 g/mol. The number of hydrogen-bond donors (Lipinski definition) is 2. The van der Waals surface area contributed by atoms with Gasteiger partial charge in [-0.2, -0.15) is 15.1 Å². The van der Waals surface area contributed by atoms with Crippen LogP contribution in [0.2, 0.25) is 0 Å². The third kappa shape index (κ3) is 4.08. The molecule has 1 aromatic heterocycles. The molecule has 1 aliphatic heterocycles. The Kier molecular flexibility index (Phi) is 5.15. The van der Waals surface area contributed by atoms with Gasteiger partial charge < -0.3 is 9.47 Å². The fraction of sp³-hybridized carbons (Fsp3) is 0.273. The lowest BCUT2D eigenvalue weighted by atomic mass is 10.5. The standard InChI is InChI=1S/C11H12N6O6S/c1-22-8-3-9(23-2)16-11(15-8)14-7(19)5-13-24(20,21)10-6(18)4-12-17-10/h3-4,13H,5H2,1-2H3,(H,14,15,16,19). The molecule has 1 amide bonds. The van der Waals surface area contributed by atoms with Crippen molar-refractivity contribution < 1.29 is 27.5 Å². The number of ether oxygens (including phenoxy) is 2. The maximum atomic E-state index is 11.8. The van der Waals surface area contributed by atoms with Gasteiger partial charge in [0, 0.05) is 0 Å². The molecular weight excluding hydrogens is 344 g/mol. The number of methoxy groups -OCH3 is 2. The van der Waals surface area contributed by atoms with Crippen molar-refractivity contribution in [2.45, 2.75) is 0 Å². The number of rotatable bonds is 6. The number of carbonyl (C=O) groups excluding carboxylic acids is 2. The highest BCUT2D eigenvalue weighted by atomic mass is 32.2. The summed E-state index contributed by atoms with van der Waals surface area (Å²) in [6.07, 6.45) is 0.755. The molecule has 0 aliphatic carbocycles. The van der Waals surface area contributed by atoms with Crippen molar-refractivity contribution in [1.82, 2.24) is 14.7 Å². The minimum absolute atomic E-state index is 0.140. The summed E-state index contributed by atoms with van der Waals surface area (Å²) in [6, 6.07) is 1.39.